The molecule has 20 heavy (non-hydrogen) atoms. The number of benzene rings is 1. The summed E-state index contributed by atoms with van der Waals surface area (Å²) >= 11 is -0.995. The van der Waals surface area contributed by atoms with E-state index in [1.807, 2.05) is 30.5 Å². The molecule has 0 saturated carbocycles. The molecule has 1 unspecified atom stereocenters. The molecule has 106 valence electrons. The highest BCUT2D eigenvalue weighted by Crippen LogP contribution is 2.23. The number of fused-ring (bicyclic) bond motifs is 1. The van der Waals surface area contributed by atoms with Gasteiger partial charge in [-0.3, -0.25) is 4.99 Å². The Kier molecular flexibility index (Phi) is 3.98. The van der Waals surface area contributed by atoms with E-state index in [4.69, 9.17) is 0 Å². The summed E-state index contributed by atoms with van der Waals surface area (Å²) in [5.74, 6) is 1.74. The second kappa shape index (κ2) is 5.89. The molecule has 1 atom stereocenters. The van der Waals surface area contributed by atoms with Gasteiger partial charge in [-0.1, -0.05) is 12.1 Å². The van der Waals surface area contributed by atoms with E-state index < -0.39 is 11.2 Å². The number of para-hydroxylation sites is 1. The maximum absolute atomic E-state index is 12.4. The third kappa shape index (κ3) is 2.69. The molecule has 4 nitrogen and oxygen atoms in total. The Bertz CT molecular complexity index is 622. The summed E-state index contributed by atoms with van der Waals surface area (Å²) in [5, 5.41) is 1.05. The fourth-order valence-electron chi connectivity index (χ4n) is 2.59. The summed E-state index contributed by atoms with van der Waals surface area (Å²) < 4.78 is 12.4. The molecule has 1 fully saturated rings. The molecule has 1 saturated heterocycles. The smallest absolute Gasteiger partial charge is 0.178 e. The molecule has 2 aromatic rings. The maximum atomic E-state index is 12.4. The molecule has 0 amide bonds. The standard InChI is InChI=1S/C15H19N3OS/c1-18-9-4-7-15(18)16-8-10-20(19)14-11-17-13-6-3-2-5-12(13)14/h2-3,5-6,11,17H,4,7-10H2,1H3/b16-15+. The van der Waals surface area contributed by atoms with Crippen LogP contribution in [0, 0.1) is 0 Å². The van der Waals surface area contributed by atoms with Gasteiger partial charge in [-0.05, 0) is 29.7 Å². The number of rotatable bonds is 4. The van der Waals surface area contributed by atoms with Crippen LogP contribution in [0.1, 0.15) is 12.8 Å². The van der Waals surface area contributed by atoms with Crippen LogP contribution in [-0.4, -0.2) is 46.2 Å². The molecule has 1 aromatic heterocycles. The second-order valence-electron chi connectivity index (χ2n) is 5.07. The Hall–Kier alpha value is -1.46. The number of nitrogens with one attached hydrogen (secondary N) is 1. The number of aromatic nitrogens is 1. The molecule has 5 heteroatoms. The number of aliphatic imine (C=N–C) groups is 1. The van der Waals surface area contributed by atoms with E-state index in [0.29, 0.717) is 12.3 Å². The number of aromatic amines is 1. The number of hydrogen-bond acceptors (Lipinski definition) is 2. The highest BCUT2D eigenvalue weighted by molar-refractivity contribution is 7.91. The second-order valence-corrected chi connectivity index (χ2v) is 6.61. The minimum absolute atomic E-state index is 0.583. The zero-order valence-electron chi connectivity index (χ0n) is 11.6. The number of amidine groups is 1. The zero-order valence-corrected chi connectivity index (χ0v) is 12.4. The molecule has 2 heterocycles. The van der Waals surface area contributed by atoms with Crippen LogP contribution in [0.15, 0.2) is 40.4 Å². The van der Waals surface area contributed by atoms with E-state index in [9.17, 15) is 4.55 Å². The Morgan fingerprint density at radius 3 is 3.05 bits per heavy atom. The maximum Gasteiger partial charge on any atom is 0.178 e. The van der Waals surface area contributed by atoms with Crippen LogP contribution < -0.4 is 0 Å². The van der Waals surface area contributed by atoms with Gasteiger partial charge in [0.1, 0.15) is 5.75 Å². The summed E-state index contributed by atoms with van der Waals surface area (Å²) in [4.78, 5) is 10.8. The van der Waals surface area contributed by atoms with E-state index in [2.05, 4.69) is 21.9 Å². The Balaban J connectivity index is 1.66. The van der Waals surface area contributed by atoms with E-state index in [1.165, 1.54) is 6.42 Å². The van der Waals surface area contributed by atoms with Crippen molar-refractivity contribution in [2.45, 2.75) is 17.7 Å². The summed E-state index contributed by atoms with van der Waals surface area (Å²) in [5.41, 5.74) is 1.04. The van der Waals surface area contributed by atoms with Gasteiger partial charge in [-0.2, -0.15) is 0 Å². The van der Waals surface area contributed by atoms with Crippen LogP contribution in [0.2, 0.25) is 0 Å². The lowest BCUT2D eigenvalue weighted by Gasteiger charge is -2.12. The first kappa shape index (κ1) is 13.5. The first-order valence-electron chi connectivity index (χ1n) is 6.94. The van der Waals surface area contributed by atoms with Crippen LogP contribution >= 0.6 is 0 Å². The molecule has 0 spiro atoms. The monoisotopic (exact) mass is 289 g/mol. The van der Waals surface area contributed by atoms with Crippen molar-refractivity contribution in [1.29, 1.82) is 0 Å². The molecule has 0 radical (unpaired) electrons. The van der Waals surface area contributed by atoms with Crippen LogP contribution in [0.4, 0.5) is 0 Å². The SMILES string of the molecule is CN1CCC/C1=N\CC[S+]([O-])c1c[nH]c2ccccc12. The van der Waals surface area contributed by atoms with E-state index in [-0.39, 0.29) is 0 Å². The molecule has 3 rings (SSSR count). The fourth-order valence-corrected chi connectivity index (χ4v) is 3.69. The lowest BCUT2D eigenvalue weighted by molar-refractivity contribution is 0.548. The van der Waals surface area contributed by atoms with Crippen molar-refractivity contribution in [3.05, 3.63) is 30.5 Å². The largest absolute Gasteiger partial charge is 0.611 e. The lowest BCUT2D eigenvalue weighted by Crippen LogP contribution is -2.20. The Morgan fingerprint density at radius 1 is 1.40 bits per heavy atom. The molecule has 1 aliphatic rings. The van der Waals surface area contributed by atoms with E-state index >= 15 is 0 Å². The number of nitrogens with zero attached hydrogens (tertiary/aromatic N) is 2. The van der Waals surface area contributed by atoms with Crippen LogP contribution in [0.5, 0.6) is 0 Å². The lowest BCUT2D eigenvalue weighted by atomic mass is 10.2. The Morgan fingerprint density at radius 2 is 2.25 bits per heavy atom. The van der Waals surface area contributed by atoms with Crippen molar-refractivity contribution >= 4 is 27.9 Å². The Labute approximate surface area is 122 Å². The summed E-state index contributed by atoms with van der Waals surface area (Å²) in [6.07, 6.45) is 4.09. The minimum Gasteiger partial charge on any atom is -0.611 e. The summed E-state index contributed by atoms with van der Waals surface area (Å²) in [7, 11) is 2.07. The first-order chi connectivity index (χ1) is 9.75. The van der Waals surface area contributed by atoms with Crippen LogP contribution in [0.25, 0.3) is 10.9 Å². The molecular formula is C15H19N3OS. The molecule has 1 aliphatic heterocycles. The predicted molar refractivity (Wildman–Crippen MR) is 83.7 cm³/mol. The van der Waals surface area contributed by atoms with Crippen molar-refractivity contribution in [2.24, 2.45) is 4.99 Å². The number of likely N-dealkylation sites (tertiary alicyclic amines) is 1. The van der Waals surface area contributed by atoms with Gasteiger partial charge in [-0.15, -0.1) is 0 Å². The fraction of sp³-hybridized carbons (Fsp3) is 0.400. The quantitative estimate of drug-likeness (QED) is 0.879. The van der Waals surface area contributed by atoms with Gasteiger partial charge in [0.05, 0.1) is 29.5 Å². The van der Waals surface area contributed by atoms with Gasteiger partial charge < -0.3 is 14.4 Å². The average molecular weight is 289 g/mol. The molecule has 0 aliphatic carbocycles. The normalized spacial score (nSPS) is 19.1. The third-order valence-electron chi connectivity index (χ3n) is 3.70. The van der Waals surface area contributed by atoms with Gasteiger partial charge in [0, 0.05) is 20.0 Å². The topological polar surface area (TPSA) is 54.4 Å². The third-order valence-corrected chi connectivity index (χ3v) is 5.08. The predicted octanol–water partition coefficient (Wildman–Crippen LogP) is 2.40. The highest BCUT2D eigenvalue weighted by atomic mass is 32.2. The van der Waals surface area contributed by atoms with Gasteiger partial charge in [-0.25, -0.2) is 0 Å². The van der Waals surface area contributed by atoms with Crippen molar-refractivity contribution < 1.29 is 4.55 Å². The number of H-pyrrole nitrogens is 1. The van der Waals surface area contributed by atoms with Crippen molar-refractivity contribution in [3.8, 4) is 0 Å². The van der Waals surface area contributed by atoms with Gasteiger partial charge >= 0.3 is 0 Å². The summed E-state index contributed by atoms with van der Waals surface area (Å²) in [6, 6.07) is 7.97. The van der Waals surface area contributed by atoms with Gasteiger partial charge in [0.15, 0.2) is 4.90 Å². The van der Waals surface area contributed by atoms with E-state index in [0.717, 1.165) is 34.6 Å². The van der Waals surface area contributed by atoms with Gasteiger partial charge in [0.25, 0.3) is 0 Å². The van der Waals surface area contributed by atoms with Crippen molar-refractivity contribution in [3.63, 3.8) is 0 Å². The van der Waals surface area contributed by atoms with Crippen LogP contribution in [0.3, 0.4) is 0 Å². The zero-order chi connectivity index (χ0) is 13.9. The highest BCUT2D eigenvalue weighted by Gasteiger charge is 2.17. The van der Waals surface area contributed by atoms with Crippen LogP contribution in [-0.2, 0) is 11.2 Å². The van der Waals surface area contributed by atoms with Gasteiger partial charge in [0.2, 0.25) is 0 Å². The molecule has 1 aromatic carbocycles. The molecular weight excluding hydrogens is 270 g/mol. The first-order valence-corrected chi connectivity index (χ1v) is 8.26. The van der Waals surface area contributed by atoms with Crippen molar-refractivity contribution in [2.75, 3.05) is 25.9 Å². The van der Waals surface area contributed by atoms with E-state index in [1.54, 1.807) is 0 Å². The molecule has 1 N–H and O–H groups in total. The number of hydrogen-bond donors (Lipinski definition) is 1. The van der Waals surface area contributed by atoms with Crippen molar-refractivity contribution in [1.82, 2.24) is 9.88 Å². The summed E-state index contributed by atoms with van der Waals surface area (Å²) in [6.45, 7) is 1.72. The minimum atomic E-state index is -0.995. The molecule has 0 bridgehead atoms. The average Bonchev–Trinajstić information content (AvgIpc) is 3.05.